The zero-order chi connectivity index (χ0) is 16.2. The number of guanidine groups is 1. The lowest BCUT2D eigenvalue weighted by atomic mass is 10.00. The lowest BCUT2D eigenvalue weighted by Crippen LogP contribution is -2.38. The standard InChI is InChI=1S/C16H31N5O/c1-5-8-9-14(6-2)12-19-16(17-7-3)18-11-10-15-20-13(4)21-22-15/h14H,5-12H2,1-4H3,(H2,17,18,19). The van der Waals surface area contributed by atoms with Crippen LogP contribution in [0.1, 0.15) is 58.2 Å². The Morgan fingerprint density at radius 3 is 2.68 bits per heavy atom. The Bertz CT molecular complexity index is 430. The highest BCUT2D eigenvalue weighted by molar-refractivity contribution is 5.79. The summed E-state index contributed by atoms with van der Waals surface area (Å²) < 4.78 is 5.10. The first kappa shape index (κ1) is 18.5. The first-order valence-electron chi connectivity index (χ1n) is 8.50. The maximum atomic E-state index is 5.10. The molecule has 0 saturated heterocycles. The monoisotopic (exact) mass is 309 g/mol. The van der Waals surface area contributed by atoms with E-state index in [4.69, 9.17) is 9.52 Å². The van der Waals surface area contributed by atoms with Crippen molar-refractivity contribution in [2.75, 3.05) is 19.6 Å². The van der Waals surface area contributed by atoms with Gasteiger partial charge in [0.2, 0.25) is 5.89 Å². The molecule has 0 aromatic carbocycles. The van der Waals surface area contributed by atoms with E-state index < -0.39 is 0 Å². The van der Waals surface area contributed by atoms with Crippen LogP contribution in [-0.2, 0) is 6.42 Å². The SMILES string of the molecule is CCCCC(CC)CN=C(NCC)NCCc1nc(C)no1. The van der Waals surface area contributed by atoms with Crippen LogP contribution < -0.4 is 10.6 Å². The van der Waals surface area contributed by atoms with Crippen molar-refractivity contribution < 1.29 is 4.52 Å². The molecule has 0 amide bonds. The third-order valence-electron chi connectivity index (χ3n) is 3.60. The summed E-state index contributed by atoms with van der Waals surface area (Å²) in [7, 11) is 0. The van der Waals surface area contributed by atoms with Crippen molar-refractivity contribution >= 4 is 5.96 Å². The number of nitrogens with one attached hydrogen (secondary N) is 2. The van der Waals surface area contributed by atoms with Gasteiger partial charge in [-0.1, -0.05) is 38.3 Å². The van der Waals surface area contributed by atoms with Gasteiger partial charge in [-0.15, -0.1) is 0 Å². The Hall–Kier alpha value is -1.59. The summed E-state index contributed by atoms with van der Waals surface area (Å²) in [4.78, 5) is 8.90. The molecular weight excluding hydrogens is 278 g/mol. The maximum Gasteiger partial charge on any atom is 0.228 e. The minimum absolute atomic E-state index is 0.662. The van der Waals surface area contributed by atoms with Crippen LogP contribution in [0.3, 0.4) is 0 Å². The second-order valence-electron chi connectivity index (χ2n) is 5.55. The van der Waals surface area contributed by atoms with Crippen LogP contribution >= 0.6 is 0 Å². The molecule has 2 N–H and O–H groups in total. The van der Waals surface area contributed by atoms with Crippen LogP contribution in [0, 0.1) is 12.8 Å². The zero-order valence-electron chi connectivity index (χ0n) is 14.5. The molecule has 126 valence electrons. The van der Waals surface area contributed by atoms with Gasteiger partial charge < -0.3 is 15.2 Å². The van der Waals surface area contributed by atoms with Crippen molar-refractivity contribution in [2.24, 2.45) is 10.9 Å². The van der Waals surface area contributed by atoms with E-state index in [0.717, 1.165) is 25.6 Å². The summed E-state index contributed by atoms with van der Waals surface area (Å²) in [5.41, 5.74) is 0. The highest BCUT2D eigenvalue weighted by Crippen LogP contribution is 2.12. The Balaban J connectivity index is 2.40. The van der Waals surface area contributed by atoms with Crippen molar-refractivity contribution in [3.8, 4) is 0 Å². The van der Waals surface area contributed by atoms with Crippen LogP contribution in [0.5, 0.6) is 0 Å². The fourth-order valence-electron chi connectivity index (χ4n) is 2.21. The summed E-state index contributed by atoms with van der Waals surface area (Å²) >= 11 is 0. The van der Waals surface area contributed by atoms with Crippen molar-refractivity contribution in [3.63, 3.8) is 0 Å². The number of aryl methyl sites for hydroxylation is 1. The number of rotatable bonds is 10. The third-order valence-corrected chi connectivity index (χ3v) is 3.60. The molecule has 1 rings (SSSR count). The number of hydrogen-bond acceptors (Lipinski definition) is 4. The summed E-state index contributed by atoms with van der Waals surface area (Å²) in [5.74, 6) is 2.88. The molecule has 0 radical (unpaired) electrons. The fraction of sp³-hybridized carbons (Fsp3) is 0.812. The highest BCUT2D eigenvalue weighted by atomic mass is 16.5. The smallest absolute Gasteiger partial charge is 0.228 e. The van der Waals surface area contributed by atoms with Gasteiger partial charge in [-0.3, -0.25) is 4.99 Å². The van der Waals surface area contributed by atoms with Crippen LogP contribution in [0.15, 0.2) is 9.52 Å². The van der Waals surface area contributed by atoms with Crippen molar-refractivity contribution in [1.82, 2.24) is 20.8 Å². The van der Waals surface area contributed by atoms with Gasteiger partial charge in [0.1, 0.15) is 0 Å². The Morgan fingerprint density at radius 2 is 2.09 bits per heavy atom. The Labute approximate surface area is 134 Å². The van der Waals surface area contributed by atoms with E-state index in [1.807, 2.05) is 6.92 Å². The van der Waals surface area contributed by atoms with E-state index in [9.17, 15) is 0 Å². The van der Waals surface area contributed by atoms with E-state index in [1.165, 1.54) is 25.7 Å². The van der Waals surface area contributed by atoms with Crippen molar-refractivity contribution in [1.29, 1.82) is 0 Å². The normalized spacial score (nSPS) is 13.2. The number of nitrogens with zero attached hydrogens (tertiary/aromatic N) is 3. The van der Waals surface area contributed by atoms with Gasteiger partial charge >= 0.3 is 0 Å². The van der Waals surface area contributed by atoms with Gasteiger partial charge in [0.15, 0.2) is 11.8 Å². The molecule has 0 fully saturated rings. The van der Waals surface area contributed by atoms with Gasteiger partial charge in [0.25, 0.3) is 0 Å². The topological polar surface area (TPSA) is 75.3 Å². The number of aromatic nitrogens is 2. The molecule has 0 bridgehead atoms. The van der Waals surface area contributed by atoms with Gasteiger partial charge in [0, 0.05) is 26.1 Å². The predicted octanol–water partition coefficient (Wildman–Crippen LogP) is 2.69. The minimum atomic E-state index is 0.662. The second-order valence-corrected chi connectivity index (χ2v) is 5.55. The number of hydrogen-bond donors (Lipinski definition) is 2. The largest absolute Gasteiger partial charge is 0.357 e. The summed E-state index contributed by atoms with van der Waals surface area (Å²) in [6.07, 6.45) is 5.69. The quantitative estimate of drug-likeness (QED) is 0.513. The first-order valence-corrected chi connectivity index (χ1v) is 8.50. The molecular formula is C16H31N5O. The fourth-order valence-corrected chi connectivity index (χ4v) is 2.21. The molecule has 1 heterocycles. The predicted molar refractivity (Wildman–Crippen MR) is 90.0 cm³/mol. The summed E-state index contributed by atoms with van der Waals surface area (Å²) in [5, 5.41) is 10.4. The molecule has 1 aromatic rings. The molecule has 1 unspecified atom stereocenters. The van der Waals surface area contributed by atoms with Crippen LogP contribution in [0.2, 0.25) is 0 Å². The van der Waals surface area contributed by atoms with E-state index in [2.05, 4.69) is 41.5 Å². The van der Waals surface area contributed by atoms with Gasteiger partial charge in [0.05, 0.1) is 0 Å². The third kappa shape index (κ3) is 7.43. The Kier molecular flexibility index (Phi) is 9.26. The van der Waals surface area contributed by atoms with E-state index >= 15 is 0 Å². The van der Waals surface area contributed by atoms with Gasteiger partial charge in [-0.25, -0.2) is 0 Å². The van der Waals surface area contributed by atoms with Crippen LogP contribution in [-0.4, -0.2) is 35.7 Å². The van der Waals surface area contributed by atoms with Crippen molar-refractivity contribution in [3.05, 3.63) is 11.7 Å². The molecule has 6 nitrogen and oxygen atoms in total. The van der Waals surface area contributed by atoms with Crippen molar-refractivity contribution in [2.45, 2.75) is 59.8 Å². The summed E-state index contributed by atoms with van der Waals surface area (Å²) in [6.45, 7) is 10.9. The average molecular weight is 309 g/mol. The molecule has 6 heteroatoms. The number of aliphatic imine (C=N–C) groups is 1. The van der Waals surface area contributed by atoms with Crippen LogP contribution in [0.25, 0.3) is 0 Å². The maximum absolute atomic E-state index is 5.10. The molecule has 1 aromatic heterocycles. The van der Waals surface area contributed by atoms with Crippen LogP contribution in [0.4, 0.5) is 0 Å². The first-order chi connectivity index (χ1) is 10.7. The summed E-state index contributed by atoms with van der Waals surface area (Å²) in [6, 6.07) is 0. The highest BCUT2D eigenvalue weighted by Gasteiger charge is 2.07. The second kappa shape index (κ2) is 11.0. The Morgan fingerprint density at radius 1 is 1.27 bits per heavy atom. The lowest BCUT2D eigenvalue weighted by Gasteiger charge is -2.14. The van der Waals surface area contributed by atoms with E-state index in [-0.39, 0.29) is 0 Å². The van der Waals surface area contributed by atoms with E-state index in [0.29, 0.717) is 24.1 Å². The number of unbranched alkanes of at least 4 members (excludes halogenated alkanes) is 1. The van der Waals surface area contributed by atoms with E-state index in [1.54, 1.807) is 0 Å². The van der Waals surface area contributed by atoms with Gasteiger partial charge in [-0.05, 0) is 26.2 Å². The molecule has 0 aliphatic rings. The minimum Gasteiger partial charge on any atom is -0.357 e. The molecule has 0 spiro atoms. The molecule has 22 heavy (non-hydrogen) atoms. The van der Waals surface area contributed by atoms with Gasteiger partial charge in [-0.2, -0.15) is 4.98 Å². The molecule has 0 aliphatic carbocycles. The zero-order valence-corrected chi connectivity index (χ0v) is 14.5. The lowest BCUT2D eigenvalue weighted by molar-refractivity contribution is 0.374. The molecule has 0 aliphatic heterocycles. The molecule has 0 saturated carbocycles. The molecule has 1 atom stereocenters. The average Bonchev–Trinajstić information content (AvgIpc) is 2.93.